The van der Waals surface area contributed by atoms with Crippen LogP contribution in [0.15, 0.2) is 18.2 Å². The first-order chi connectivity index (χ1) is 8.12. The number of aliphatic hydroxyl groups excluding tert-OH is 1. The fourth-order valence-corrected chi connectivity index (χ4v) is 1.25. The van der Waals surface area contributed by atoms with Crippen LogP contribution < -0.4 is 20.5 Å². The van der Waals surface area contributed by atoms with Crippen molar-refractivity contribution in [1.29, 1.82) is 0 Å². The van der Waals surface area contributed by atoms with Gasteiger partial charge in [-0.15, -0.1) is 0 Å². The summed E-state index contributed by atoms with van der Waals surface area (Å²) in [5.74, 6) is 0.497. The molecule has 0 aliphatic carbocycles. The van der Waals surface area contributed by atoms with E-state index in [-0.39, 0.29) is 6.54 Å². The van der Waals surface area contributed by atoms with Gasteiger partial charge in [0, 0.05) is 18.3 Å². The molecule has 0 radical (unpaired) electrons. The first-order valence-electron chi connectivity index (χ1n) is 5.03. The van der Waals surface area contributed by atoms with Crippen LogP contribution in [0.3, 0.4) is 0 Å². The molecule has 0 fully saturated rings. The summed E-state index contributed by atoms with van der Waals surface area (Å²) in [6.45, 7) is -0.126. The normalized spacial score (nSPS) is 11.8. The van der Waals surface area contributed by atoms with Gasteiger partial charge >= 0.3 is 0 Å². The maximum absolute atomic E-state index is 11.4. The molecular weight excluding hydrogens is 224 g/mol. The van der Waals surface area contributed by atoms with Crippen LogP contribution in [-0.4, -0.2) is 37.9 Å². The van der Waals surface area contributed by atoms with E-state index < -0.39 is 12.0 Å². The first-order valence-corrected chi connectivity index (χ1v) is 5.03. The monoisotopic (exact) mass is 240 g/mol. The van der Waals surface area contributed by atoms with Crippen molar-refractivity contribution in [2.75, 3.05) is 26.1 Å². The number of ether oxygens (including phenoxy) is 2. The topological polar surface area (TPSA) is 93.8 Å². The number of benzene rings is 1. The van der Waals surface area contributed by atoms with Crippen LogP contribution in [-0.2, 0) is 4.79 Å². The summed E-state index contributed by atoms with van der Waals surface area (Å²) in [6.07, 6.45) is -1.22. The van der Waals surface area contributed by atoms with E-state index >= 15 is 0 Å². The van der Waals surface area contributed by atoms with Gasteiger partial charge in [-0.05, 0) is 12.1 Å². The molecule has 0 spiro atoms. The SMILES string of the molecule is COc1ccc(NC(=O)C(O)CN)cc1OC. The lowest BCUT2D eigenvalue weighted by molar-refractivity contribution is -0.123. The predicted molar refractivity (Wildman–Crippen MR) is 63.2 cm³/mol. The lowest BCUT2D eigenvalue weighted by Crippen LogP contribution is -2.34. The highest BCUT2D eigenvalue weighted by Crippen LogP contribution is 2.29. The van der Waals surface area contributed by atoms with Gasteiger partial charge in [0.15, 0.2) is 11.5 Å². The number of carbonyl (C=O) groups is 1. The van der Waals surface area contributed by atoms with Crippen LogP contribution in [0.25, 0.3) is 0 Å². The molecule has 0 aromatic heterocycles. The Balaban J connectivity index is 2.82. The van der Waals surface area contributed by atoms with E-state index in [0.717, 1.165) is 0 Å². The summed E-state index contributed by atoms with van der Waals surface area (Å²) in [7, 11) is 3.02. The smallest absolute Gasteiger partial charge is 0.254 e. The zero-order valence-electron chi connectivity index (χ0n) is 9.77. The zero-order chi connectivity index (χ0) is 12.8. The number of methoxy groups -OCH3 is 2. The molecule has 1 rings (SSSR count). The number of nitrogens with two attached hydrogens (primary N) is 1. The van der Waals surface area contributed by atoms with Crippen LogP contribution in [0.2, 0.25) is 0 Å². The van der Waals surface area contributed by atoms with Crippen LogP contribution in [0, 0.1) is 0 Å². The van der Waals surface area contributed by atoms with Gasteiger partial charge in [-0.1, -0.05) is 0 Å². The third-order valence-electron chi connectivity index (χ3n) is 2.18. The van der Waals surface area contributed by atoms with E-state index in [2.05, 4.69) is 5.32 Å². The average molecular weight is 240 g/mol. The molecule has 6 nitrogen and oxygen atoms in total. The van der Waals surface area contributed by atoms with Gasteiger partial charge in [0.25, 0.3) is 5.91 Å². The van der Waals surface area contributed by atoms with Gasteiger partial charge in [0.1, 0.15) is 6.10 Å². The molecular formula is C11H16N2O4. The minimum absolute atomic E-state index is 0.126. The van der Waals surface area contributed by atoms with E-state index in [0.29, 0.717) is 17.2 Å². The highest BCUT2D eigenvalue weighted by Gasteiger charge is 2.13. The van der Waals surface area contributed by atoms with Gasteiger partial charge in [-0.25, -0.2) is 0 Å². The van der Waals surface area contributed by atoms with Gasteiger partial charge in [-0.2, -0.15) is 0 Å². The lowest BCUT2D eigenvalue weighted by atomic mass is 10.2. The molecule has 1 aromatic carbocycles. The number of hydrogen-bond acceptors (Lipinski definition) is 5. The Hall–Kier alpha value is -1.79. The van der Waals surface area contributed by atoms with Crippen molar-refractivity contribution in [3.8, 4) is 11.5 Å². The number of aliphatic hydroxyl groups is 1. The number of rotatable bonds is 5. The average Bonchev–Trinajstić information content (AvgIpc) is 2.37. The van der Waals surface area contributed by atoms with Crippen molar-refractivity contribution < 1.29 is 19.4 Å². The van der Waals surface area contributed by atoms with Gasteiger partial charge in [0.05, 0.1) is 14.2 Å². The summed E-state index contributed by atoms with van der Waals surface area (Å²) in [4.78, 5) is 11.4. The summed E-state index contributed by atoms with van der Waals surface area (Å²) >= 11 is 0. The standard InChI is InChI=1S/C11H16N2O4/c1-16-9-4-3-7(5-10(9)17-2)13-11(15)8(14)6-12/h3-5,8,14H,6,12H2,1-2H3,(H,13,15). The highest BCUT2D eigenvalue weighted by molar-refractivity contribution is 5.94. The molecule has 0 saturated carbocycles. The van der Waals surface area contributed by atoms with Crippen molar-refractivity contribution in [2.45, 2.75) is 6.10 Å². The highest BCUT2D eigenvalue weighted by atomic mass is 16.5. The third-order valence-corrected chi connectivity index (χ3v) is 2.18. The van der Waals surface area contributed by atoms with Crippen LogP contribution in [0.4, 0.5) is 5.69 Å². The van der Waals surface area contributed by atoms with E-state index in [1.165, 1.54) is 14.2 Å². The molecule has 6 heteroatoms. The Morgan fingerprint density at radius 3 is 2.59 bits per heavy atom. The van der Waals surface area contributed by atoms with Crippen molar-refractivity contribution in [1.82, 2.24) is 0 Å². The molecule has 0 aliphatic heterocycles. The van der Waals surface area contributed by atoms with Gasteiger partial charge < -0.3 is 25.6 Å². The van der Waals surface area contributed by atoms with E-state index in [1.807, 2.05) is 0 Å². The maximum atomic E-state index is 11.4. The van der Waals surface area contributed by atoms with Gasteiger partial charge in [-0.3, -0.25) is 4.79 Å². The quantitative estimate of drug-likeness (QED) is 0.671. The molecule has 94 valence electrons. The first kappa shape index (κ1) is 13.3. The number of nitrogens with one attached hydrogen (secondary N) is 1. The molecule has 0 saturated heterocycles. The Bertz CT molecular complexity index is 395. The predicted octanol–water partition coefficient (Wildman–Crippen LogP) is -0.0381. The minimum Gasteiger partial charge on any atom is -0.493 e. The minimum atomic E-state index is -1.22. The fourth-order valence-electron chi connectivity index (χ4n) is 1.25. The maximum Gasteiger partial charge on any atom is 0.254 e. The van der Waals surface area contributed by atoms with Crippen molar-refractivity contribution >= 4 is 11.6 Å². The second-order valence-corrected chi connectivity index (χ2v) is 3.31. The Kier molecular flexibility index (Phi) is 4.74. The van der Waals surface area contributed by atoms with Crippen LogP contribution >= 0.6 is 0 Å². The third kappa shape index (κ3) is 3.33. The largest absolute Gasteiger partial charge is 0.493 e. The summed E-state index contributed by atoms with van der Waals surface area (Å²) in [5.41, 5.74) is 5.67. The van der Waals surface area contributed by atoms with E-state index in [9.17, 15) is 9.90 Å². The molecule has 1 unspecified atom stereocenters. The summed E-state index contributed by atoms with van der Waals surface area (Å²) in [6, 6.07) is 4.89. The molecule has 1 atom stereocenters. The molecule has 4 N–H and O–H groups in total. The second-order valence-electron chi connectivity index (χ2n) is 3.31. The number of hydrogen-bond donors (Lipinski definition) is 3. The summed E-state index contributed by atoms with van der Waals surface area (Å²) < 4.78 is 10.1. The van der Waals surface area contributed by atoms with Crippen molar-refractivity contribution in [2.24, 2.45) is 5.73 Å². The number of carbonyl (C=O) groups excluding carboxylic acids is 1. The van der Waals surface area contributed by atoms with E-state index in [4.69, 9.17) is 15.2 Å². The Morgan fingerprint density at radius 2 is 2.06 bits per heavy atom. The molecule has 1 amide bonds. The fraction of sp³-hybridized carbons (Fsp3) is 0.364. The molecule has 0 aliphatic rings. The van der Waals surface area contributed by atoms with Crippen LogP contribution in [0.1, 0.15) is 0 Å². The second kappa shape index (κ2) is 6.07. The zero-order valence-corrected chi connectivity index (χ0v) is 9.77. The summed E-state index contributed by atoms with van der Waals surface area (Å²) in [5, 5.41) is 11.7. The Morgan fingerprint density at radius 1 is 1.41 bits per heavy atom. The Labute approximate surface area is 99.3 Å². The molecule has 1 aromatic rings. The molecule has 0 bridgehead atoms. The lowest BCUT2D eigenvalue weighted by Gasteiger charge is -2.12. The number of amides is 1. The van der Waals surface area contributed by atoms with Crippen molar-refractivity contribution in [3.05, 3.63) is 18.2 Å². The van der Waals surface area contributed by atoms with Crippen molar-refractivity contribution in [3.63, 3.8) is 0 Å². The molecule has 17 heavy (non-hydrogen) atoms. The van der Waals surface area contributed by atoms with Crippen LogP contribution in [0.5, 0.6) is 11.5 Å². The van der Waals surface area contributed by atoms with Gasteiger partial charge in [0.2, 0.25) is 0 Å². The van der Waals surface area contributed by atoms with E-state index in [1.54, 1.807) is 18.2 Å². The molecule has 0 heterocycles. The number of anilines is 1.